The predicted octanol–water partition coefficient (Wildman–Crippen LogP) is 4.60. The van der Waals surface area contributed by atoms with Crippen molar-refractivity contribution in [1.82, 2.24) is 0 Å². The highest BCUT2D eigenvalue weighted by molar-refractivity contribution is 5.79. The molecule has 0 heterocycles. The number of rotatable bonds is 1. The van der Waals surface area contributed by atoms with Crippen LogP contribution in [0.2, 0.25) is 0 Å². The molecular weight excluding hydrogens is 284 g/mol. The molecule has 2 nitrogen and oxygen atoms in total. The van der Waals surface area contributed by atoms with Crippen molar-refractivity contribution >= 4 is 5.78 Å². The lowest BCUT2D eigenvalue weighted by Gasteiger charge is -2.60. The van der Waals surface area contributed by atoms with E-state index in [2.05, 4.69) is 13.8 Å². The summed E-state index contributed by atoms with van der Waals surface area (Å²) < 4.78 is 0. The molecule has 2 heteroatoms. The molecule has 0 unspecified atom stereocenters. The first kappa shape index (κ1) is 16.1. The molecule has 0 aromatic carbocycles. The average Bonchev–Trinajstić information content (AvgIpc) is 2.85. The molecule has 0 aromatic rings. The smallest absolute Gasteiger partial charge is 0.133 e. The molecule has 0 amide bonds. The Morgan fingerprint density at radius 1 is 0.913 bits per heavy atom. The monoisotopic (exact) mass is 318 g/mol. The van der Waals surface area contributed by atoms with Gasteiger partial charge in [-0.15, -0.1) is 0 Å². The minimum atomic E-state index is -0.0490. The fraction of sp³-hybridized carbons (Fsp3) is 0.952. The number of ketones is 1. The quantitative estimate of drug-likeness (QED) is 0.767. The molecule has 130 valence electrons. The largest absolute Gasteiger partial charge is 0.393 e. The van der Waals surface area contributed by atoms with Crippen LogP contribution in [0.3, 0.4) is 0 Å². The standard InChI is InChI=1S/C21H34O2/c1-13(22)17-6-7-18-16-5-4-14-12-15(23)8-10-20(14,2)19(16)9-11-21(17,18)3/h14-19,23H,4-12H2,1-3H3/t14-,15-,16+,17+,18+,19+,20+,21-/m1/s1. The molecule has 4 aliphatic rings. The van der Waals surface area contributed by atoms with E-state index < -0.39 is 0 Å². The van der Waals surface area contributed by atoms with Gasteiger partial charge in [0.05, 0.1) is 6.10 Å². The first-order valence-corrected chi connectivity index (χ1v) is 10.0. The number of hydrogen-bond acceptors (Lipinski definition) is 2. The minimum Gasteiger partial charge on any atom is -0.393 e. The maximum absolute atomic E-state index is 12.2. The second kappa shape index (κ2) is 5.31. The highest BCUT2D eigenvalue weighted by Gasteiger charge is 2.60. The van der Waals surface area contributed by atoms with Crippen LogP contribution in [-0.2, 0) is 4.79 Å². The number of aliphatic hydroxyl groups excluding tert-OH is 1. The van der Waals surface area contributed by atoms with Gasteiger partial charge >= 0.3 is 0 Å². The summed E-state index contributed by atoms with van der Waals surface area (Å²) in [5.41, 5.74) is 0.738. The van der Waals surface area contributed by atoms with Crippen LogP contribution in [0.25, 0.3) is 0 Å². The van der Waals surface area contributed by atoms with Gasteiger partial charge < -0.3 is 5.11 Å². The normalized spacial score (nSPS) is 55.7. The predicted molar refractivity (Wildman–Crippen MR) is 91.9 cm³/mol. The van der Waals surface area contributed by atoms with E-state index in [-0.39, 0.29) is 11.5 Å². The zero-order valence-electron chi connectivity index (χ0n) is 15.2. The van der Waals surface area contributed by atoms with Gasteiger partial charge in [0.15, 0.2) is 0 Å². The lowest BCUT2D eigenvalue weighted by Crippen LogP contribution is -2.54. The summed E-state index contributed by atoms with van der Waals surface area (Å²) in [5, 5.41) is 10.1. The van der Waals surface area contributed by atoms with Gasteiger partial charge in [-0.3, -0.25) is 4.79 Å². The SMILES string of the molecule is CC(=O)[C@@H]1CC[C@H]2[C@@H]3CC[C@@H]4C[C@H](O)CC[C@]4(C)[C@H]3CC[C@]12C. The lowest BCUT2D eigenvalue weighted by atomic mass is 9.44. The lowest BCUT2D eigenvalue weighted by molar-refractivity contribution is -0.138. The van der Waals surface area contributed by atoms with Gasteiger partial charge in [-0.25, -0.2) is 0 Å². The zero-order valence-corrected chi connectivity index (χ0v) is 15.2. The Morgan fingerprint density at radius 3 is 2.35 bits per heavy atom. The van der Waals surface area contributed by atoms with Gasteiger partial charge in [0.1, 0.15) is 5.78 Å². The third-order valence-electron chi connectivity index (χ3n) is 9.13. The Morgan fingerprint density at radius 2 is 1.61 bits per heavy atom. The second-order valence-electron chi connectivity index (χ2n) is 9.87. The van der Waals surface area contributed by atoms with Gasteiger partial charge in [-0.05, 0) is 99.2 Å². The summed E-state index contributed by atoms with van der Waals surface area (Å²) in [7, 11) is 0. The number of fused-ring (bicyclic) bond motifs is 5. The average molecular weight is 319 g/mol. The summed E-state index contributed by atoms with van der Waals surface area (Å²) in [5.74, 6) is 3.97. The first-order valence-electron chi connectivity index (χ1n) is 10.0. The second-order valence-corrected chi connectivity index (χ2v) is 9.87. The Hall–Kier alpha value is -0.370. The van der Waals surface area contributed by atoms with Crippen LogP contribution in [0, 0.1) is 40.4 Å². The highest BCUT2D eigenvalue weighted by Crippen LogP contribution is 2.67. The van der Waals surface area contributed by atoms with Crippen molar-refractivity contribution in [2.75, 3.05) is 0 Å². The Kier molecular flexibility index (Phi) is 3.72. The van der Waals surface area contributed by atoms with E-state index in [9.17, 15) is 9.90 Å². The molecule has 0 saturated heterocycles. The topological polar surface area (TPSA) is 37.3 Å². The van der Waals surface area contributed by atoms with Crippen LogP contribution < -0.4 is 0 Å². The third-order valence-corrected chi connectivity index (χ3v) is 9.13. The van der Waals surface area contributed by atoms with E-state index in [4.69, 9.17) is 0 Å². The van der Waals surface area contributed by atoms with Crippen LogP contribution in [-0.4, -0.2) is 17.0 Å². The van der Waals surface area contributed by atoms with Crippen molar-refractivity contribution in [3.8, 4) is 0 Å². The van der Waals surface area contributed by atoms with E-state index >= 15 is 0 Å². The van der Waals surface area contributed by atoms with Gasteiger partial charge in [0.2, 0.25) is 0 Å². The Labute approximate surface area is 141 Å². The van der Waals surface area contributed by atoms with Crippen LogP contribution in [0.5, 0.6) is 0 Å². The molecular formula is C21H34O2. The molecule has 4 saturated carbocycles. The molecule has 1 N–H and O–H groups in total. The highest BCUT2D eigenvalue weighted by atomic mass is 16.3. The molecule has 4 fully saturated rings. The number of carbonyl (C=O) groups excluding carboxylic acids is 1. The van der Waals surface area contributed by atoms with E-state index in [1.807, 2.05) is 6.92 Å². The number of Topliss-reactive ketones (excluding diaryl/α,β-unsaturated/α-hetero) is 1. The van der Waals surface area contributed by atoms with Crippen LogP contribution in [0.1, 0.15) is 78.6 Å². The summed E-state index contributed by atoms with van der Waals surface area (Å²) in [4.78, 5) is 12.2. The minimum absolute atomic E-state index is 0.0490. The van der Waals surface area contributed by atoms with E-state index in [0.717, 1.165) is 42.9 Å². The maximum Gasteiger partial charge on any atom is 0.133 e. The van der Waals surface area contributed by atoms with Crippen molar-refractivity contribution in [1.29, 1.82) is 0 Å². The van der Waals surface area contributed by atoms with E-state index in [1.54, 1.807) is 0 Å². The summed E-state index contributed by atoms with van der Waals surface area (Å²) in [6, 6.07) is 0. The van der Waals surface area contributed by atoms with Crippen LogP contribution in [0.4, 0.5) is 0 Å². The van der Waals surface area contributed by atoms with Gasteiger partial charge in [0, 0.05) is 5.92 Å². The molecule has 0 radical (unpaired) electrons. The maximum atomic E-state index is 12.2. The first-order chi connectivity index (χ1) is 10.9. The van der Waals surface area contributed by atoms with Crippen molar-refractivity contribution < 1.29 is 9.90 Å². The molecule has 0 spiro atoms. The van der Waals surface area contributed by atoms with Gasteiger partial charge in [-0.1, -0.05) is 13.8 Å². The summed E-state index contributed by atoms with van der Waals surface area (Å²) >= 11 is 0. The van der Waals surface area contributed by atoms with Crippen molar-refractivity contribution in [2.45, 2.75) is 84.7 Å². The third kappa shape index (κ3) is 2.19. The summed E-state index contributed by atoms with van der Waals surface area (Å²) in [6.45, 7) is 6.80. The van der Waals surface area contributed by atoms with Gasteiger partial charge in [0.25, 0.3) is 0 Å². The molecule has 23 heavy (non-hydrogen) atoms. The van der Waals surface area contributed by atoms with Gasteiger partial charge in [-0.2, -0.15) is 0 Å². The molecule has 8 atom stereocenters. The Bertz CT molecular complexity index is 500. The molecule has 0 aromatic heterocycles. The Balaban J connectivity index is 1.61. The fourth-order valence-electron chi connectivity index (χ4n) is 7.90. The molecule has 0 aliphatic heterocycles. The molecule has 0 bridgehead atoms. The number of aliphatic hydroxyl groups is 1. The van der Waals surface area contributed by atoms with Crippen molar-refractivity contribution in [3.05, 3.63) is 0 Å². The zero-order chi connectivity index (χ0) is 16.4. The molecule has 4 rings (SSSR count). The van der Waals surface area contributed by atoms with Crippen molar-refractivity contribution in [3.63, 3.8) is 0 Å². The molecule has 4 aliphatic carbocycles. The van der Waals surface area contributed by atoms with Crippen LogP contribution in [0.15, 0.2) is 0 Å². The van der Waals surface area contributed by atoms with E-state index in [1.165, 1.54) is 38.5 Å². The number of carbonyl (C=O) groups is 1. The fourth-order valence-corrected chi connectivity index (χ4v) is 7.90. The van der Waals surface area contributed by atoms with Crippen molar-refractivity contribution in [2.24, 2.45) is 40.4 Å². The number of hydrogen-bond donors (Lipinski definition) is 1. The summed E-state index contributed by atoms with van der Waals surface area (Å²) in [6.07, 6.45) is 10.9. The van der Waals surface area contributed by atoms with Crippen LogP contribution >= 0.6 is 0 Å². The van der Waals surface area contributed by atoms with E-state index in [0.29, 0.717) is 17.1 Å².